The molecular weight excluding hydrogens is 258 g/mol. The van der Waals surface area contributed by atoms with E-state index in [1.54, 1.807) is 11.8 Å². The van der Waals surface area contributed by atoms with Gasteiger partial charge >= 0.3 is 0 Å². The van der Waals surface area contributed by atoms with E-state index in [1.165, 1.54) is 38.6 Å². The van der Waals surface area contributed by atoms with E-state index in [0.717, 1.165) is 25.9 Å². The first-order valence-corrected chi connectivity index (χ1v) is 8.66. The number of unbranched alkanes of at least 4 members (excludes halogenated alkanes) is 4. The zero-order valence-corrected chi connectivity index (χ0v) is 13.2. The molecule has 5 heteroatoms. The van der Waals surface area contributed by atoms with Gasteiger partial charge in [-0.15, -0.1) is 0 Å². The molecule has 112 valence electrons. The average molecular weight is 287 g/mol. The number of oxime groups is 1. The Morgan fingerprint density at radius 1 is 1.26 bits per heavy atom. The Kier molecular flexibility index (Phi) is 7.61. The Labute approximate surface area is 121 Å². The Morgan fingerprint density at radius 3 is 2.42 bits per heavy atom. The maximum atomic E-state index is 8.91. The molecular formula is C14H29N3OS. The first-order chi connectivity index (χ1) is 9.18. The van der Waals surface area contributed by atoms with E-state index >= 15 is 0 Å². The molecule has 0 aromatic heterocycles. The number of thioether (sulfide) groups is 1. The fourth-order valence-corrected chi connectivity index (χ4v) is 3.57. The largest absolute Gasteiger partial charge is 0.409 e. The highest BCUT2D eigenvalue weighted by atomic mass is 32.2. The standard InChI is InChI=1S/C14H29N3OS/c1-3-4-5-6-7-10-17-11-8-14(19-2,9-12-17)13(15)16-18/h18H,3-12H2,1-2H3,(H2,15,16). The minimum Gasteiger partial charge on any atom is -0.409 e. The number of nitrogens with zero attached hydrogens (tertiary/aromatic N) is 2. The number of hydrogen-bond acceptors (Lipinski definition) is 4. The van der Waals surface area contributed by atoms with Gasteiger partial charge in [0, 0.05) is 0 Å². The van der Waals surface area contributed by atoms with Gasteiger partial charge in [0.15, 0.2) is 5.84 Å². The third-order valence-corrected chi connectivity index (χ3v) is 5.61. The molecule has 0 radical (unpaired) electrons. The number of hydrogen-bond donors (Lipinski definition) is 2. The summed E-state index contributed by atoms with van der Waals surface area (Å²) in [5.41, 5.74) is 5.85. The normalized spacial score (nSPS) is 20.6. The molecule has 3 N–H and O–H groups in total. The maximum Gasteiger partial charge on any atom is 0.155 e. The summed E-state index contributed by atoms with van der Waals surface area (Å²) in [4.78, 5) is 2.52. The van der Waals surface area contributed by atoms with Gasteiger partial charge in [-0.25, -0.2) is 0 Å². The van der Waals surface area contributed by atoms with Gasteiger partial charge in [-0.05, 0) is 45.2 Å². The fourth-order valence-electron chi connectivity index (χ4n) is 2.73. The van der Waals surface area contributed by atoms with Gasteiger partial charge in [0.05, 0.1) is 4.75 Å². The molecule has 0 amide bonds. The zero-order chi connectivity index (χ0) is 14.1. The molecule has 0 aromatic rings. The van der Waals surface area contributed by atoms with E-state index in [4.69, 9.17) is 10.9 Å². The minimum absolute atomic E-state index is 0.145. The molecule has 19 heavy (non-hydrogen) atoms. The van der Waals surface area contributed by atoms with Crippen molar-refractivity contribution in [2.24, 2.45) is 10.9 Å². The summed E-state index contributed by atoms with van der Waals surface area (Å²) < 4.78 is -0.145. The summed E-state index contributed by atoms with van der Waals surface area (Å²) in [6.45, 7) is 5.57. The summed E-state index contributed by atoms with van der Waals surface area (Å²) in [5, 5.41) is 12.1. The second-order valence-electron chi connectivity index (χ2n) is 5.44. The number of rotatable bonds is 8. The van der Waals surface area contributed by atoms with Crippen LogP contribution in [0.15, 0.2) is 5.16 Å². The predicted molar refractivity (Wildman–Crippen MR) is 84.1 cm³/mol. The first-order valence-electron chi connectivity index (χ1n) is 7.44. The molecule has 0 aromatic carbocycles. The first kappa shape index (κ1) is 16.6. The SMILES string of the molecule is CCCCCCCN1CCC(SC)(C(N)=NO)CC1. The lowest BCUT2D eigenvalue weighted by Crippen LogP contribution is -2.50. The number of nitrogens with two attached hydrogens (primary N) is 1. The van der Waals surface area contributed by atoms with E-state index in [9.17, 15) is 0 Å². The Morgan fingerprint density at radius 2 is 1.89 bits per heavy atom. The highest BCUT2D eigenvalue weighted by Crippen LogP contribution is 2.34. The fraction of sp³-hybridized carbons (Fsp3) is 0.929. The van der Waals surface area contributed by atoms with Gasteiger partial charge < -0.3 is 15.8 Å². The van der Waals surface area contributed by atoms with Gasteiger partial charge in [-0.2, -0.15) is 11.8 Å². The Balaban J connectivity index is 2.28. The Hall–Kier alpha value is -0.420. The van der Waals surface area contributed by atoms with Crippen LogP contribution in [-0.2, 0) is 0 Å². The summed E-state index contributed by atoms with van der Waals surface area (Å²) in [6.07, 6.45) is 10.7. The Bertz CT molecular complexity index is 276. The van der Waals surface area contributed by atoms with Gasteiger partial charge in [-0.3, -0.25) is 0 Å². The second-order valence-corrected chi connectivity index (χ2v) is 6.63. The molecule has 4 nitrogen and oxygen atoms in total. The highest BCUT2D eigenvalue weighted by molar-refractivity contribution is 8.00. The maximum absolute atomic E-state index is 8.91. The molecule has 0 spiro atoms. The van der Waals surface area contributed by atoms with Crippen molar-refractivity contribution in [3.8, 4) is 0 Å². The summed E-state index contributed by atoms with van der Waals surface area (Å²) in [5.74, 6) is 0.391. The third-order valence-electron chi connectivity index (χ3n) is 4.21. The molecule has 0 saturated carbocycles. The van der Waals surface area contributed by atoms with Gasteiger partial charge in [0.2, 0.25) is 0 Å². The molecule has 1 saturated heterocycles. The quantitative estimate of drug-likeness (QED) is 0.237. The van der Waals surface area contributed by atoms with Crippen LogP contribution in [0.4, 0.5) is 0 Å². The lowest BCUT2D eigenvalue weighted by Gasteiger charge is -2.39. The summed E-state index contributed by atoms with van der Waals surface area (Å²) in [6, 6.07) is 0. The van der Waals surface area contributed by atoms with Crippen molar-refractivity contribution >= 4 is 17.6 Å². The minimum atomic E-state index is -0.145. The van der Waals surface area contributed by atoms with Crippen LogP contribution in [0.3, 0.4) is 0 Å². The zero-order valence-electron chi connectivity index (χ0n) is 12.4. The van der Waals surface area contributed by atoms with Crippen LogP contribution in [0.5, 0.6) is 0 Å². The highest BCUT2D eigenvalue weighted by Gasteiger charge is 2.37. The lowest BCUT2D eigenvalue weighted by molar-refractivity contribution is 0.213. The van der Waals surface area contributed by atoms with E-state index in [0.29, 0.717) is 5.84 Å². The van der Waals surface area contributed by atoms with Crippen LogP contribution in [0.25, 0.3) is 0 Å². The van der Waals surface area contributed by atoms with Gasteiger partial charge in [0.1, 0.15) is 0 Å². The topological polar surface area (TPSA) is 61.8 Å². The van der Waals surface area contributed by atoms with Gasteiger partial charge in [0.25, 0.3) is 0 Å². The van der Waals surface area contributed by atoms with E-state index < -0.39 is 0 Å². The van der Waals surface area contributed by atoms with Gasteiger partial charge in [-0.1, -0.05) is 37.8 Å². The van der Waals surface area contributed by atoms with Crippen molar-refractivity contribution in [2.75, 3.05) is 25.9 Å². The number of likely N-dealkylation sites (tertiary alicyclic amines) is 1. The van der Waals surface area contributed by atoms with Crippen molar-refractivity contribution in [1.29, 1.82) is 0 Å². The van der Waals surface area contributed by atoms with Crippen molar-refractivity contribution < 1.29 is 5.21 Å². The van der Waals surface area contributed by atoms with Crippen molar-refractivity contribution in [3.63, 3.8) is 0 Å². The van der Waals surface area contributed by atoms with E-state index in [2.05, 4.69) is 23.2 Å². The van der Waals surface area contributed by atoms with Crippen molar-refractivity contribution in [1.82, 2.24) is 4.90 Å². The summed E-state index contributed by atoms with van der Waals surface area (Å²) >= 11 is 1.72. The van der Waals surface area contributed by atoms with Crippen LogP contribution in [0.1, 0.15) is 51.9 Å². The molecule has 0 aliphatic carbocycles. The molecule has 0 atom stereocenters. The number of piperidine rings is 1. The molecule has 1 aliphatic heterocycles. The van der Waals surface area contributed by atoms with Crippen molar-refractivity contribution in [2.45, 2.75) is 56.6 Å². The van der Waals surface area contributed by atoms with Crippen LogP contribution >= 0.6 is 11.8 Å². The third kappa shape index (κ3) is 4.88. The predicted octanol–water partition coefficient (Wildman–Crippen LogP) is 2.90. The van der Waals surface area contributed by atoms with Crippen LogP contribution in [0, 0.1) is 0 Å². The van der Waals surface area contributed by atoms with Crippen LogP contribution < -0.4 is 5.73 Å². The summed E-state index contributed by atoms with van der Waals surface area (Å²) in [7, 11) is 0. The molecule has 1 aliphatic rings. The van der Waals surface area contributed by atoms with E-state index in [1.807, 2.05) is 0 Å². The van der Waals surface area contributed by atoms with Crippen LogP contribution in [-0.4, -0.2) is 46.6 Å². The molecule has 0 unspecified atom stereocenters. The number of amidine groups is 1. The second kappa shape index (κ2) is 8.69. The molecule has 1 heterocycles. The molecule has 0 bridgehead atoms. The molecule has 1 rings (SSSR count). The van der Waals surface area contributed by atoms with E-state index in [-0.39, 0.29) is 4.75 Å². The average Bonchev–Trinajstić information content (AvgIpc) is 2.47. The van der Waals surface area contributed by atoms with Crippen LogP contribution in [0.2, 0.25) is 0 Å². The smallest absolute Gasteiger partial charge is 0.155 e. The van der Waals surface area contributed by atoms with Crippen molar-refractivity contribution in [3.05, 3.63) is 0 Å². The molecule has 1 fully saturated rings. The monoisotopic (exact) mass is 287 g/mol. The lowest BCUT2D eigenvalue weighted by atomic mass is 9.94.